The van der Waals surface area contributed by atoms with Crippen LogP contribution in [0.4, 0.5) is 34.1 Å². The summed E-state index contributed by atoms with van der Waals surface area (Å²) >= 11 is 0. The van der Waals surface area contributed by atoms with Crippen molar-refractivity contribution in [3.05, 3.63) is 182 Å². The van der Waals surface area contributed by atoms with E-state index in [1.807, 2.05) is 0 Å². The monoisotopic (exact) mass is 624 g/mol. The number of hydrogen-bond donors (Lipinski definition) is 0. The molecule has 0 saturated heterocycles. The van der Waals surface area contributed by atoms with Gasteiger partial charge in [-0.15, -0.1) is 0 Å². The molecule has 1 heterocycles. The maximum atomic E-state index is 2.47. The predicted molar refractivity (Wildman–Crippen MR) is 203 cm³/mol. The molecule has 1 aliphatic heterocycles. The van der Waals surface area contributed by atoms with Gasteiger partial charge in [0.05, 0.1) is 0 Å². The predicted octanol–water partition coefficient (Wildman–Crippen LogP) is 12.8. The minimum atomic E-state index is -1.50. The molecule has 8 rings (SSSR count). The van der Waals surface area contributed by atoms with Gasteiger partial charge in [0.15, 0.2) is 0 Å². The number of anilines is 6. The molecule has 0 bridgehead atoms. The van der Waals surface area contributed by atoms with Gasteiger partial charge in [-0.1, -0.05) is 109 Å². The van der Waals surface area contributed by atoms with E-state index in [-0.39, 0.29) is 0 Å². The zero-order chi connectivity index (χ0) is 31.8. The first-order valence-corrected chi connectivity index (χ1v) is 18.5. The van der Waals surface area contributed by atoms with Crippen LogP contribution in [-0.4, -0.2) is 12.5 Å². The number of nitrogens with zero attached hydrogens (tertiary/aromatic N) is 2. The Kier molecular flexibility index (Phi) is 7.40. The van der Waals surface area contributed by atoms with Gasteiger partial charge in [0.1, 0.15) is 0 Å². The Hall–Kier alpha value is -5.51. The zero-order valence-corrected chi connectivity index (χ0v) is 27.4. The van der Waals surface area contributed by atoms with Gasteiger partial charge in [0.25, 0.3) is 0 Å². The second-order valence-corrected chi connectivity index (χ2v) is 15.8. The topological polar surface area (TPSA) is 6.48 Å². The Morgan fingerprint density at radius 1 is 0.298 bits per heavy atom. The minimum absolute atomic E-state index is 1.14. The Bertz CT molecular complexity index is 1930. The lowest BCUT2D eigenvalue weighted by molar-refractivity contribution is 1.25. The van der Waals surface area contributed by atoms with Crippen molar-refractivity contribution >= 4 is 44.2 Å². The van der Waals surface area contributed by atoms with Crippen LogP contribution in [0.15, 0.2) is 192 Å². The van der Waals surface area contributed by atoms with Crippen molar-refractivity contribution in [1.82, 2.24) is 0 Å². The van der Waals surface area contributed by atoms with Crippen LogP contribution >= 0.6 is 10.0 Å². The summed E-state index contributed by atoms with van der Waals surface area (Å²) < 4.78 is 0. The molecule has 0 fully saturated rings. The van der Waals surface area contributed by atoms with E-state index in [2.05, 4.69) is 204 Å². The third-order valence-corrected chi connectivity index (χ3v) is 12.0. The molecule has 0 spiro atoms. The lowest BCUT2D eigenvalue weighted by atomic mass is 9.94. The lowest BCUT2D eigenvalue weighted by Crippen LogP contribution is -2.11. The summed E-state index contributed by atoms with van der Waals surface area (Å²) in [7, 11) is -1.50. The third kappa shape index (κ3) is 5.19. The largest absolute Gasteiger partial charge is 0.310 e. The SMILES string of the molecule is CS1(C)c2cc(N(c3ccccc3)c3ccccc3)ccc2-c2ccccc2-c2ccc(N(c3ccccc3)c3ccccc3)cc21. The van der Waals surface area contributed by atoms with Gasteiger partial charge in [-0.2, -0.15) is 10.0 Å². The van der Waals surface area contributed by atoms with E-state index in [0.717, 1.165) is 34.1 Å². The fourth-order valence-electron chi connectivity index (χ4n) is 6.86. The van der Waals surface area contributed by atoms with Crippen LogP contribution in [0.5, 0.6) is 0 Å². The quantitative estimate of drug-likeness (QED) is 0.182. The summed E-state index contributed by atoms with van der Waals surface area (Å²) in [5, 5.41) is 0. The maximum Gasteiger partial charge on any atom is 0.0472 e. The lowest BCUT2D eigenvalue weighted by Gasteiger charge is -2.36. The summed E-state index contributed by atoms with van der Waals surface area (Å²) in [5.74, 6) is 0. The van der Waals surface area contributed by atoms with Crippen molar-refractivity contribution in [1.29, 1.82) is 0 Å². The fourth-order valence-corrected chi connectivity index (χ4v) is 9.39. The van der Waals surface area contributed by atoms with Gasteiger partial charge < -0.3 is 9.80 Å². The highest BCUT2D eigenvalue weighted by atomic mass is 32.3. The van der Waals surface area contributed by atoms with E-state index in [9.17, 15) is 0 Å². The first-order chi connectivity index (χ1) is 23.1. The number of benzene rings is 7. The number of rotatable bonds is 6. The Morgan fingerprint density at radius 2 is 0.596 bits per heavy atom. The summed E-state index contributed by atoms with van der Waals surface area (Å²) in [6, 6.07) is 65.9. The second kappa shape index (κ2) is 12.0. The molecule has 0 atom stereocenters. The van der Waals surface area contributed by atoms with Crippen molar-refractivity contribution in [2.45, 2.75) is 9.79 Å². The molecule has 3 heteroatoms. The fraction of sp³-hybridized carbons (Fsp3) is 0.0455. The zero-order valence-electron chi connectivity index (χ0n) is 26.6. The highest BCUT2D eigenvalue weighted by molar-refractivity contribution is 8.33. The van der Waals surface area contributed by atoms with Crippen LogP contribution in [0.2, 0.25) is 0 Å². The molecule has 0 radical (unpaired) electrons. The van der Waals surface area contributed by atoms with Crippen LogP contribution in [0.25, 0.3) is 22.3 Å². The summed E-state index contributed by atoms with van der Waals surface area (Å²) in [6.07, 6.45) is 4.93. The van der Waals surface area contributed by atoms with Crippen molar-refractivity contribution in [3.8, 4) is 22.3 Å². The number of fused-ring (bicyclic) bond motifs is 5. The average molecular weight is 625 g/mol. The molecule has 2 nitrogen and oxygen atoms in total. The smallest absolute Gasteiger partial charge is 0.0472 e. The van der Waals surface area contributed by atoms with E-state index >= 15 is 0 Å². The summed E-state index contributed by atoms with van der Waals surface area (Å²) in [5.41, 5.74) is 12.1. The van der Waals surface area contributed by atoms with Crippen LogP contribution < -0.4 is 9.80 Å². The van der Waals surface area contributed by atoms with Gasteiger partial charge >= 0.3 is 0 Å². The standard InChI is InChI=1S/C44H36N2S/c1-47(2)43-31-37(45(33-17-7-3-8-18-33)34-19-9-4-10-20-34)27-29-41(43)39-25-15-16-26-40(39)42-30-28-38(32-44(42)47)46(35-21-11-5-12-22-35)36-23-13-6-14-24-36/h3-32H,1-2H3. The molecule has 0 N–H and O–H groups in total. The normalized spacial score (nSPS) is 13.3. The number of hydrogen-bond acceptors (Lipinski definition) is 2. The molecule has 0 amide bonds. The van der Waals surface area contributed by atoms with E-state index in [0.29, 0.717) is 0 Å². The van der Waals surface area contributed by atoms with E-state index in [1.165, 1.54) is 32.0 Å². The molecule has 7 aromatic rings. The number of para-hydroxylation sites is 4. The van der Waals surface area contributed by atoms with Gasteiger partial charge in [-0.25, -0.2) is 0 Å². The molecule has 228 valence electrons. The van der Waals surface area contributed by atoms with Gasteiger partial charge in [-0.05, 0) is 108 Å². The molecule has 47 heavy (non-hydrogen) atoms. The minimum Gasteiger partial charge on any atom is -0.310 e. The van der Waals surface area contributed by atoms with Crippen molar-refractivity contribution in [2.24, 2.45) is 0 Å². The molecule has 0 aromatic heterocycles. The van der Waals surface area contributed by atoms with Crippen molar-refractivity contribution in [2.75, 3.05) is 22.3 Å². The molecule has 1 aliphatic rings. The molecule has 0 unspecified atom stereocenters. The molecular weight excluding hydrogens is 589 g/mol. The van der Waals surface area contributed by atoms with Crippen LogP contribution in [0.3, 0.4) is 0 Å². The van der Waals surface area contributed by atoms with E-state index < -0.39 is 10.0 Å². The van der Waals surface area contributed by atoms with Gasteiger partial charge in [0, 0.05) is 43.9 Å². The molecular formula is C44H36N2S. The van der Waals surface area contributed by atoms with Gasteiger partial charge in [-0.3, -0.25) is 0 Å². The highest BCUT2D eigenvalue weighted by Crippen LogP contribution is 2.66. The van der Waals surface area contributed by atoms with Crippen LogP contribution in [0, 0.1) is 0 Å². The second-order valence-electron chi connectivity index (χ2n) is 12.2. The first-order valence-electron chi connectivity index (χ1n) is 16.0. The molecule has 0 aliphatic carbocycles. The van der Waals surface area contributed by atoms with Crippen molar-refractivity contribution < 1.29 is 0 Å². The van der Waals surface area contributed by atoms with E-state index in [1.54, 1.807) is 0 Å². The Labute approximate surface area is 279 Å². The first kappa shape index (κ1) is 28.9. The average Bonchev–Trinajstić information content (AvgIpc) is 3.21. The maximum absolute atomic E-state index is 2.47. The summed E-state index contributed by atoms with van der Waals surface area (Å²) in [4.78, 5) is 7.52. The van der Waals surface area contributed by atoms with Crippen LogP contribution in [0.1, 0.15) is 0 Å². The van der Waals surface area contributed by atoms with Crippen LogP contribution in [-0.2, 0) is 0 Å². The van der Waals surface area contributed by atoms with Gasteiger partial charge in [0.2, 0.25) is 0 Å². The Morgan fingerprint density at radius 3 is 0.915 bits per heavy atom. The molecule has 7 aromatic carbocycles. The van der Waals surface area contributed by atoms with E-state index in [4.69, 9.17) is 0 Å². The third-order valence-electron chi connectivity index (χ3n) is 9.11. The van der Waals surface area contributed by atoms with Crippen molar-refractivity contribution in [3.63, 3.8) is 0 Å². The highest BCUT2D eigenvalue weighted by Gasteiger charge is 2.31. The molecule has 0 saturated carbocycles. The summed E-state index contributed by atoms with van der Waals surface area (Å²) in [6.45, 7) is 0. The Balaban J connectivity index is 1.35.